The number of nitrogens with zero attached hydrogens (tertiary/aromatic N) is 1. The second-order valence-corrected chi connectivity index (χ2v) is 6.74. The summed E-state index contributed by atoms with van der Waals surface area (Å²) in [5.74, 6) is -0.0549. The number of carboxylic acids is 1. The number of anilines is 1. The molecule has 1 aromatic heterocycles. The third kappa shape index (κ3) is 5.35. The number of hydrogen-bond acceptors (Lipinski definition) is 7. The molecule has 0 saturated heterocycles. The van der Waals surface area contributed by atoms with Gasteiger partial charge in [-0.15, -0.1) is 11.3 Å². The Balaban J connectivity index is 2.32. The second kappa shape index (κ2) is 9.93. The maximum absolute atomic E-state index is 12.7. The molecular weight excluding hydrogens is 384 g/mol. The lowest BCUT2D eigenvalue weighted by Crippen LogP contribution is -2.13. The van der Waals surface area contributed by atoms with E-state index in [4.69, 9.17) is 19.3 Å². The van der Waals surface area contributed by atoms with Gasteiger partial charge in [0.25, 0.3) is 5.91 Å². The lowest BCUT2D eigenvalue weighted by atomic mass is 10.1. The quantitative estimate of drug-likeness (QED) is 0.619. The topological polar surface area (TPSA) is 107 Å². The lowest BCUT2D eigenvalue weighted by molar-refractivity contribution is -0.136. The van der Waals surface area contributed by atoms with E-state index < -0.39 is 11.9 Å². The summed E-state index contributed by atoms with van der Waals surface area (Å²) in [6, 6.07) is 3.18. The molecule has 152 valence electrons. The third-order valence-corrected chi connectivity index (χ3v) is 4.67. The van der Waals surface area contributed by atoms with E-state index in [1.807, 2.05) is 20.8 Å². The Labute approximate surface area is 167 Å². The third-order valence-electron chi connectivity index (χ3n) is 3.60. The van der Waals surface area contributed by atoms with Gasteiger partial charge in [0.1, 0.15) is 0 Å². The van der Waals surface area contributed by atoms with E-state index in [0.29, 0.717) is 58.3 Å². The molecule has 1 aromatic carbocycles. The molecule has 28 heavy (non-hydrogen) atoms. The van der Waals surface area contributed by atoms with Crippen molar-refractivity contribution in [3.05, 3.63) is 28.3 Å². The Bertz CT molecular complexity index is 822. The molecule has 0 spiro atoms. The van der Waals surface area contributed by atoms with E-state index in [1.54, 1.807) is 19.1 Å². The maximum atomic E-state index is 12.7. The van der Waals surface area contributed by atoms with Gasteiger partial charge in [-0.05, 0) is 39.8 Å². The molecule has 2 N–H and O–H groups in total. The molecule has 0 fully saturated rings. The fourth-order valence-electron chi connectivity index (χ4n) is 2.47. The summed E-state index contributed by atoms with van der Waals surface area (Å²) in [5.41, 5.74) is 0.905. The van der Waals surface area contributed by atoms with Crippen LogP contribution in [0.3, 0.4) is 0 Å². The molecule has 8 nitrogen and oxygen atoms in total. The Morgan fingerprint density at radius 1 is 1.07 bits per heavy atom. The smallest absolute Gasteiger partial charge is 0.308 e. The first-order chi connectivity index (χ1) is 13.4. The van der Waals surface area contributed by atoms with Crippen LogP contribution in [0.4, 0.5) is 5.13 Å². The number of rotatable bonds is 10. The molecule has 9 heteroatoms. The van der Waals surface area contributed by atoms with Gasteiger partial charge < -0.3 is 19.3 Å². The standard InChI is InChI=1S/C19H24N2O6S/c1-5-25-13-8-12(9-14(26-6-2)17(13)27-7-3)18(24)21-19-20-11(4)15(28-19)10-16(22)23/h8-9H,5-7,10H2,1-4H3,(H,22,23)(H,20,21,24). The first-order valence-corrected chi connectivity index (χ1v) is 9.77. The van der Waals surface area contributed by atoms with Gasteiger partial charge in [0.15, 0.2) is 16.6 Å². The molecule has 1 heterocycles. The number of carbonyl (C=O) groups excluding carboxylic acids is 1. The van der Waals surface area contributed by atoms with Gasteiger partial charge >= 0.3 is 5.97 Å². The number of nitrogens with one attached hydrogen (secondary N) is 1. The van der Waals surface area contributed by atoms with E-state index in [-0.39, 0.29) is 6.42 Å². The van der Waals surface area contributed by atoms with Crippen LogP contribution in [-0.2, 0) is 11.2 Å². The molecule has 1 amide bonds. The number of aryl methyl sites for hydroxylation is 1. The van der Waals surface area contributed by atoms with E-state index in [0.717, 1.165) is 11.3 Å². The Morgan fingerprint density at radius 2 is 1.64 bits per heavy atom. The number of ether oxygens (including phenoxy) is 3. The highest BCUT2D eigenvalue weighted by Gasteiger charge is 2.20. The molecule has 0 saturated carbocycles. The molecule has 2 rings (SSSR count). The molecule has 0 aliphatic carbocycles. The SMILES string of the molecule is CCOc1cc(C(=O)Nc2nc(C)c(CC(=O)O)s2)cc(OCC)c1OCC. The predicted octanol–water partition coefficient (Wildman–Crippen LogP) is 3.53. The van der Waals surface area contributed by atoms with Crippen molar-refractivity contribution in [3.63, 3.8) is 0 Å². The first kappa shape index (κ1) is 21.5. The van der Waals surface area contributed by atoms with Crippen LogP contribution in [0, 0.1) is 6.92 Å². The van der Waals surface area contributed by atoms with E-state index in [2.05, 4.69) is 10.3 Å². The zero-order valence-electron chi connectivity index (χ0n) is 16.3. The summed E-state index contributed by atoms with van der Waals surface area (Å²) in [5, 5.41) is 12.0. The minimum Gasteiger partial charge on any atom is -0.490 e. The summed E-state index contributed by atoms with van der Waals surface area (Å²) >= 11 is 1.14. The van der Waals surface area contributed by atoms with Crippen molar-refractivity contribution in [1.29, 1.82) is 0 Å². The zero-order valence-corrected chi connectivity index (χ0v) is 17.1. The minimum atomic E-state index is -0.946. The summed E-state index contributed by atoms with van der Waals surface area (Å²) in [6.45, 7) is 8.47. The highest BCUT2D eigenvalue weighted by atomic mass is 32.1. The van der Waals surface area contributed by atoms with Crippen LogP contribution in [-0.4, -0.2) is 41.8 Å². The van der Waals surface area contributed by atoms with Crippen molar-refractivity contribution in [3.8, 4) is 17.2 Å². The second-order valence-electron chi connectivity index (χ2n) is 5.65. The number of amides is 1. The number of thiazole rings is 1. The minimum absolute atomic E-state index is 0.134. The number of aromatic nitrogens is 1. The number of carbonyl (C=O) groups is 2. The Morgan fingerprint density at radius 3 is 2.14 bits per heavy atom. The van der Waals surface area contributed by atoms with Gasteiger partial charge in [-0.3, -0.25) is 14.9 Å². The van der Waals surface area contributed by atoms with Gasteiger partial charge in [0.05, 0.1) is 31.9 Å². The van der Waals surface area contributed by atoms with Gasteiger partial charge in [-0.25, -0.2) is 4.98 Å². The Kier molecular flexibility index (Phi) is 7.62. The number of aliphatic carboxylic acids is 1. The fraction of sp³-hybridized carbons (Fsp3) is 0.421. The highest BCUT2D eigenvalue weighted by molar-refractivity contribution is 7.16. The number of hydrogen-bond donors (Lipinski definition) is 2. The average Bonchev–Trinajstić information content (AvgIpc) is 2.96. The molecule has 0 unspecified atom stereocenters. The van der Waals surface area contributed by atoms with Crippen LogP contribution in [0.5, 0.6) is 17.2 Å². The molecule has 0 radical (unpaired) electrons. The van der Waals surface area contributed by atoms with E-state index in [1.165, 1.54) is 0 Å². The van der Waals surface area contributed by atoms with Gasteiger partial charge in [-0.2, -0.15) is 0 Å². The largest absolute Gasteiger partial charge is 0.490 e. The predicted molar refractivity (Wildman–Crippen MR) is 106 cm³/mol. The van der Waals surface area contributed by atoms with Crippen LogP contribution in [0.15, 0.2) is 12.1 Å². The zero-order chi connectivity index (χ0) is 20.7. The van der Waals surface area contributed by atoms with Gasteiger partial charge in [0.2, 0.25) is 5.75 Å². The van der Waals surface area contributed by atoms with Gasteiger partial charge in [0, 0.05) is 10.4 Å². The van der Waals surface area contributed by atoms with Crippen LogP contribution in [0.1, 0.15) is 41.7 Å². The van der Waals surface area contributed by atoms with E-state index in [9.17, 15) is 9.59 Å². The molecule has 0 aliphatic rings. The average molecular weight is 408 g/mol. The number of carboxylic acid groups (broad SMARTS) is 1. The highest BCUT2D eigenvalue weighted by Crippen LogP contribution is 2.39. The van der Waals surface area contributed by atoms with Crippen molar-refractivity contribution >= 4 is 28.3 Å². The van der Waals surface area contributed by atoms with Crippen LogP contribution in [0.25, 0.3) is 0 Å². The first-order valence-electron chi connectivity index (χ1n) is 8.95. The summed E-state index contributed by atoms with van der Waals surface area (Å²) in [6.07, 6.45) is -0.134. The molecule has 2 aromatic rings. The fourth-order valence-corrected chi connectivity index (χ4v) is 3.42. The van der Waals surface area contributed by atoms with Gasteiger partial charge in [-0.1, -0.05) is 0 Å². The summed E-state index contributed by atoms with van der Waals surface area (Å²) in [4.78, 5) is 28.5. The molecule has 0 bridgehead atoms. The van der Waals surface area contributed by atoms with Crippen molar-refractivity contribution in [2.24, 2.45) is 0 Å². The van der Waals surface area contributed by atoms with Crippen molar-refractivity contribution < 1.29 is 28.9 Å². The monoisotopic (exact) mass is 408 g/mol. The molecule has 0 aliphatic heterocycles. The van der Waals surface area contributed by atoms with Crippen molar-refractivity contribution in [2.75, 3.05) is 25.1 Å². The number of benzene rings is 1. The van der Waals surface area contributed by atoms with Crippen LogP contribution < -0.4 is 19.5 Å². The molecule has 0 atom stereocenters. The van der Waals surface area contributed by atoms with E-state index >= 15 is 0 Å². The normalized spacial score (nSPS) is 10.4. The van der Waals surface area contributed by atoms with Crippen molar-refractivity contribution in [1.82, 2.24) is 4.98 Å². The Hall–Kier alpha value is -2.81. The van der Waals surface area contributed by atoms with Crippen molar-refractivity contribution in [2.45, 2.75) is 34.1 Å². The molecular formula is C19H24N2O6S. The van der Waals surface area contributed by atoms with Crippen LogP contribution >= 0.6 is 11.3 Å². The summed E-state index contributed by atoms with van der Waals surface area (Å²) < 4.78 is 16.9. The maximum Gasteiger partial charge on any atom is 0.308 e. The lowest BCUT2D eigenvalue weighted by Gasteiger charge is -2.16. The van der Waals surface area contributed by atoms with Crippen LogP contribution in [0.2, 0.25) is 0 Å². The summed E-state index contributed by atoms with van der Waals surface area (Å²) in [7, 11) is 0.